The molecule has 0 bridgehead atoms. The van der Waals surface area contributed by atoms with E-state index < -0.39 is 9.84 Å². The zero-order valence-corrected chi connectivity index (χ0v) is 11.8. The Labute approximate surface area is 121 Å². The minimum atomic E-state index is -3.70. The molecule has 0 aliphatic rings. The maximum atomic E-state index is 12.4. The van der Waals surface area contributed by atoms with Crippen molar-refractivity contribution >= 4 is 27.1 Å². The van der Waals surface area contributed by atoms with Gasteiger partial charge in [-0.3, -0.25) is 0 Å². The van der Waals surface area contributed by atoms with Crippen LogP contribution in [0.2, 0.25) is 5.02 Å². The van der Waals surface area contributed by atoms with Gasteiger partial charge in [0.25, 0.3) is 0 Å². The van der Waals surface area contributed by atoms with Gasteiger partial charge in [0.15, 0.2) is 9.84 Å². The minimum Gasteiger partial charge on any atom is -0.398 e. The molecule has 0 fully saturated rings. The zero-order chi connectivity index (χ0) is 14.8. The topological polar surface area (TPSA) is 96.8 Å². The molecular weight excluding hydrogens is 298 g/mol. The van der Waals surface area contributed by atoms with Crippen molar-refractivity contribution in [2.75, 3.05) is 5.73 Å². The fourth-order valence-electron chi connectivity index (χ4n) is 1.72. The summed E-state index contributed by atoms with van der Waals surface area (Å²) in [6.07, 6.45) is 1.43. The maximum absolute atomic E-state index is 12.4. The van der Waals surface area contributed by atoms with E-state index >= 15 is 0 Å². The van der Waals surface area contributed by atoms with Gasteiger partial charge in [-0.05, 0) is 24.3 Å². The van der Waals surface area contributed by atoms with Gasteiger partial charge in [0, 0.05) is 16.8 Å². The molecule has 1 aromatic carbocycles. The third-order valence-corrected chi connectivity index (χ3v) is 4.60. The minimum absolute atomic E-state index is 0.0438. The first-order chi connectivity index (χ1) is 9.44. The average molecular weight is 308 g/mol. The maximum Gasteiger partial charge on any atom is 0.184 e. The predicted octanol–water partition coefficient (Wildman–Crippen LogP) is 2.16. The van der Waals surface area contributed by atoms with Crippen molar-refractivity contribution < 1.29 is 8.42 Å². The molecule has 0 aliphatic heterocycles. The summed E-state index contributed by atoms with van der Waals surface area (Å²) in [7, 11) is -3.70. The fraction of sp³-hybridized carbons (Fsp3) is 0.0769. The number of pyridine rings is 1. The van der Waals surface area contributed by atoms with Crippen LogP contribution in [0.3, 0.4) is 0 Å². The van der Waals surface area contributed by atoms with Crippen molar-refractivity contribution in [3.8, 4) is 6.07 Å². The van der Waals surface area contributed by atoms with E-state index in [1.165, 1.54) is 24.4 Å². The van der Waals surface area contributed by atoms with Gasteiger partial charge in [-0.15, -0.1) is 0 Å². The molecule has 7 heteroatoms. The number of halogens is 1. The highest BCUT2D eigenvalue weighted by Crippen LogP contribution is 2.26. The van der Waals surface area contributed by atoms with Gasteiger partial charge in [0.1, 0.15) is 11.8 Å². The average Bonchev–Trinajstić information content (AvgIpc) is 2.41. The molecule has 2 aromatic rings. The van der Waals surface area contributed by atoms with E-state index in [1.54, 1.807) is 12.1 Å². The van der Waals surface area contributed by atoms with Crippen LogP contribution in [0.1, 0.15) is 11.3 Å². The van der Waals surface area contributed by atoms with E-state index in [0.29, 0.717) is 5.56 Å². The first-order valence-electron chi connectivity index (χ1n) is 5.56. The molecule has 0 radical (unpaired) electrons. The molecular formula is C13H10ClN3O2S. The summed E-state index contributed by atoms with van der Waals surface area (Å²) in [6, 6.07) is 9.23. The van der Waals surface area contributed by atoms with E-state index in [0.717, 1.165) is 0 Å². The first kappa shape index (κ1) is 14.3. The van der Waals surface area contributed by atoms with Crippen LogP contribution < -0.4 is 5.73 Å². The Bertz CT molecular complexity index is 798. The van der Waals surface area contributed by atoms with Crippen LogP contribution in [-0.2, 0) is 15.6 Å². The van der Waals surface area contributed by atoms with Crippen molar-refractivity contribution in [3.05, 3.63) is 52.8 Å². The van der Waals surface area contributed by atoms with Gasteiger partial charge in [0.2, 0.25) is 0 Å². The Morgan fingerprint density at radius 2 is 2.10 bits per heavy atom. The van der Waals surface area contributed by atoms with Crippen LogP contribution in [0, 0.1) is 11.3 Å². The Morgan fingerprint density at radius 1 is 1.35 bits per heavy atom. The van der Waals surface area contributed by atoms with Crippen LogP contribution in [0.4, 0.5) is 5.69 Å². The summed E-state index contributed by atoms with van der Waals surface area (Å²) in [5, 5.41) is 9.21. The van der Waals surface area contributed by atoms with Gasteiger partial charge in [-0.1, -0.05) is 17.7 Å². The molecule has 1 heterocycles. The van der Waals surface area contributed by atoms with E-state index in [1.807, 2.05) is 6.07 Å². The summed E-state index contributed by atoms with van der Waals surface area (Å²) in [5.74, 6) is -0.353. The SMILES string of the molecule is N#Cc1ncccc1CS(=O)(=O)c1cc(Cl)ccc1N. The number of sulfone groups is 1. The summed E-state index contributed by atoms with van der Waals surface area (Å²) in [4.78, 5) is 3.79. The van der Waals surface area contributed by atoms with Crippen molar-refractivity contribution in [3.63, 3.8) is 0 Å². The monoisotopic (exact) mass is 307 g/mol. The molecule has 0 aliphatic carbocycles. The van der Waals surface area contributed by atoms with E-state index in [2.05, 4.69) is 4.98 Å². The molecule has 0 amide bonds. The third-order valence-electron chi connectivity index (χ3n) is 2.65. The molecule has 0 saturated carbocycles. The Morgan fingerprint density at radius 3 is 2.80 bits per heavy atom. The van der Waals surface area contributed by atoms with Crippen LogP contribution in [0.15, 0.2) is 41.4 Å². The van der Waals surface area contributed by atoms with Crippen LogP contribution >= 0.6 is 11.6 Å². The summed E-state index contributed by atoms with van der Waals surface area (Å²) in [5.41, 5.74) is 6.21. The molecule has 102 valence electrons. The van der Waals surface area contributed by atoms with Gasteiger partial charge in [0.05, 0.1) is 16.3 Å². The highest BCUT2D eigenvalue weighted by molar-refractivity contribution is 7.90. The number of nitrogens with zero attached hydrogens (tertiary/aromatic N) is 2. The molecule has 0 spiro atoms. The van der Waals surface area contributed by atoms with Crippen LogP contribution in [0.5, 0.6) is 0 Å². The molecule has 2 N–H and O–H groups in total. The fourth-order valence-corrected chi connectivity index (χ4v) is 3.48. The van der Waals surface area contributed by atoms with Crippen LogP contribution in [-0.4, -0.2) is 13.4 Å². The van der Waals surface area contributed by atoms with Gasteiger partial charge < -0.3 is 5.73 Å². The van der Waals surface area contributed by atoms with Crippen molar-refractivity contribution in [2.24, 2.45) is 0 Å². The number of aromatic nitrogens is 1. The molecule has 2 rings (SSSR count). The summed E-state index contributed by atoms with van der Waals surface area (Å²) < 4.78 is 24.7. The normalized spacial score (nSPS) is 11.0. The Hall–Kier alpha value is -2.10. The second-order valence-electron chi connectivity index (χ2n) is 4.06. The van der Waals surface area contributed by atoms with Crippen LogP contribution in [0.25, 0.3) is 0 Å². The van der Waals surface area contributed by atoms with E-state index in [9.17, 15) is 8.42 Å². The van der Waals surface area contributed by atoms with Gasteiger partial charge in [-0.2, -0.15) is 5.26 Å². The molecule has 20 heavy (non-hydrogen) atoms. The standard InChI is InChI=1S/C13H10ClN3O2S/c14-10-3-4-11(16)13(6-10)20(18,19)8-9-2-1-5-17-12(9)7-15/h1-6H,8,16H2. The summed E-state index contributed by atoms with van der Waals surface area (Å²) >= 11 is 5.80. The van der Waals surface area contributed by atoms with Gasteiger partial charge in [-0.25, -0.2) is 13.4 Å². The molecule has 0 saturated heterocycles. The lowest BCUT2D eigenvalue weighted by Gasteiger charge is -2.08. The number of nitrogens with two attached hydrogens (primary N) is 1. The highest BCUT2D eigenvalue weighted by Gasteiger charge is 2.20. The number of anilines is 1. The zero-order valence-electron chi connectivity index (χ0n) is 10.2. The number of nitrogen functional groups attached to an aromatic ring is 1. The number of nitriles is 1. The van der Waals surface area contributed by atoms with Crippen molar-refractivity contribution in [1.82, 2.24) is 4.98 Å². The molecule has 1 aromatic heterocycles. The quantitative estimate of drug-likeness (QED) is 0.876. The second-order valence-corrected chi connectivity index (χ2v) is 6.46. The number of rotatable bonds is 3. The number of hydrogen-bond acceptors (Lipinski definition) is 5. The Balaban J connectivity index is 2.47. The lowest BCUT2D eigenvalue weighted by molar-refractivity contribution is 0.595. The largest absolute Gasteiger partial charge is 0.398 e. The summed E-state index contributed by atoms with van der Waals surface area (Å²) in [6.45, 7) is 0. The van der Waals surface area contributed by atoms with E-state index in [4.69, 9.17) is 22.6 Å². The number of hydrogen-bond donors (Lipinski definition) is 1. The van der Waals surface area contributed by atoms with Crippen molar-refractivity contribution in [2.45, 2.75) is 10.6 Å². The van der Waals surface area contributed by atoms with Crippen molar-refractivity contribution in [1.29, 1.82) is 5.26 Å². The molecule has 0 atom stereocenters. The second kappa shape index (κ2) is 5.49. The predicted molar refractivity (Wildman–Crippen MR) is 75.7 cm³/mol. The Kier molecular flexibility index (Phi) is 3.93. The lowest BCUT2D eigenvalue weighted by Crippen LogP contribution is -2.09. The van der Waals surface area contributed by atoms with E-state index in [-0.39, 0.29) is 27.1 Å². The number of benzene rings is 1. The lowest BCUT2D eigenvalue weighted by atomic mass is 10.2. The molecule has 0 unspecified atom stereocenters. The smallest absolute Gasteiger partial charge is 0.184 e. The molecule has 5 nitrogen and oxygen atoms in total. The first-order valence-corrected chi connectivity index (χ1v) is 7.59. The van der Waals surface area contributed by atoms with Gasteiger partial charge >= 0.3 is 0 Å². The third kappa shape index (κ3) is 2.90. The highest BCUT2D eigenvalue weighted by atomic mass is 35.5.